The number of nitrogens with zero attached hydrogens (tertiary/aromatic N) is 1. The van der Waals surface area contributed by atoms with Gasteiger partial charge < -0.3 is 19.3 Å². The van der Waals surface area contributed by atoms with Crippen molar-refractivity contribution in [2.45, 2.75) is 31.6 Å². The van der Waals surface area contributed by atoms with Crippen molar-refractivity contribution in [3.05, 3.63) is 70.9 Å². The number of aromatic hydroxyl groups is 1. The first-order valence-electron chi connectivity index (χ1n) is 11.3. The highest BCUT2D eigenvalue weighted by atomic mass is 16.6. The summed E-state index contributed by atoms with van der Waals surface area (Å²) in [6, 6.07) is 14.4. The summed E-state index contributed by atoms with van der Waals surface area (Å²) < 4.78 is 16.0. The number of carbonyl (C=O) groups is 2. The van der Waals surface area contributed by atoms with Gasteiger partial charge in [0.2, 0.25) is 0 Å². The maximum absolute atomic E-state index is 13.6. The molecular formula is C27H29NO6. The molecule has 7 nitrogen and oxygen atoms in total. The van der Waals surface area contributed by atoms with Crippen LogP contribution in [0.25, 0.3) is 0 Å². The van der Waals surface area contributed by atoms with Crippen LogP contribution in [0.15, 0.2) is 64.8 Å². The van der Waals surface area contributed by atoms with Crippen molar-refractivity contribution in [2.75, 3.05) is 27.4 Å². The van der Waals surface area contributed by atoms with Crippen molar-refractivity contribution in [2.24, 2.45) is 10.9 Å². The first-order chi connectivity index (χ1) is 16.4. The first-order valence-corrected chi connectivity index (χ1v) is 11.3. The number of ether oxygens (including phenoxy) is 3. The van der Waals surface area contributed by atoms with E-state index in [1.807, 2.05) is 30.3 Å². The lowest BCUT2D eigenvalue weighted by Crippen LogP contribution is -2.38. The number of hydrogen-bond donors (Lipinski definition) is 1. The maximum atomic E-state index is 13.6. The van der Waals surface area contributed by atoms with Crippen LogP contribution >= 0.6 is 0 Å². The zero-order chi connectivity index (χ0) is 24.2. The van der Waals surface area contributed by atoms with Gasteiger partial charge >= 0.3 is 5.97 Å². The quantitative estimate of drug-likeness (QED) is 0.489. The Morgan fingerprint density at radius 2 is 1.88 bits per heavy atom. The van der Waals surface area contributed by atoms with E-state index in [0.717, 1.165) is 11.3 Å². The summed E-state index contributed by atoms with van der Waals surface area (Å²) in [7, 11) is 3.15. The van der Waals surface area contributed by atoms with Gasteiger partial charge in [-0.3, -0.25) is 14.6 Å². The minimum atomic E-state index is -0.760. The molecule has 1 aliphatic carbocycles. The van der Waals surface area contributed by atoms with Crippen molar-refractivity contribution >= 4 is 17.5 Å². The highest BCUT2D eigenvalue weighted by Gasteiger charge is 2.45. The van der Waals surface area contributed by atoms with Crippen LogP contribution in [0.3, 0.4) is 0 Å². The van der Waals surface area contributed by atoms with E-state index in [9.17, 15) is 14.7 Å². The van der Waals surface area contributed by atoms with Crippen LogP contribution in [0.1, 0.15) is 42.7 Å². The average Bonchev–Trinajstić information content (AvgIpc) is 2.83. The fourth-order valence-corrected chi connectivity index (χ4v) is 4.98. The van der Waals surface area contributed by atoms with E-state index in [0.29, 0.717) is 29.0 Å². The Bertz CT molecular complexity index is 1150. The molecule has 1 aliphatic heterocycles. The first kappa shape index (κ1) is 23.7. The summed E-state index contributed by atoms with van der Waals surface area (Å²) in [4.78, 5) is 31.5. The Morgan fingerprint density at radius 3 is 2.62 bits per heavy atom. The molecule has 0 spiro atoms. The zero-order valence-corrected chi connectivity index (χ0v) is 19.6. The summed E-state index contributed by atoms with van der Waals surface area (Å²) in [5.41, 5.74) is 3.44. The van der Waals surface area contributed by atoms with E-state index in [1.54, 1.807) is 32.2 Å². The summed E-state index contributed by atoms with van der Waals surface area (Å²) in [5.74, 6) is -1.13. The van der Waals surface area contributed by atoms with Crippen LogP contribution in [0.2, 0.25) is 0 Å². The van der Waals surface area contributed by atoms with Gasteiger partial charge in [0.1, 0.15) is 24.0 Å². The monoisotopic (exact) mass is 463 g/mol. The normalized spacial score (nSPS) is 22.1. The van der Waals surface area contributed by atoms with Gasteiger partial charge in [-0.2, -0.15) is 0 Å². The van der Waals surface area contributed by atoms with E-state index in [1.165, 1.54) is 7.11 Å². The Labute approximate surface area is 199 Å². The zero-order valence-electron chi connectivity index (χ0n) is 19.6. The van der Waals surface area contributed by atoms with Crippen molar-refractivity contribution in [3.8, 4) is 11.5 Å². The SMILES string of the molecule is COCCOC(=O)C1C(C)=NC2=C(C(=O)CC(c3ccccc3OC)C2)C1c1cccc(O)c1. The number of esters is 1. The predicted octanol–water partition coefficient (Wildman–Crippen LogP) is 4.17. The number of phenols is 1. The second-order valence-electron chi connectivity index (χ2n) is 8.59. The molecule has 1 heterocycles. The molecule has 2 aromatic carbocycles. The number of Topliss-reactive ketones (excluding diaryl/α,β-unsaturated/α-hetero) is 1. The summed E-state index contributed by atoms with van der Waals surface area (Å²) >= 11 is 0. The van der Waals surface area contributed by atoms with Crippen molar-refractivity contribution in [3.63, 3.8) is 0 Å². The summed E-state index contributed by atoms with van der Waals surface area (Å²) in [5, 5.41) is 10.1. The number of rotatable bonds is 7. The average molecular weight is 464 g/mol. The lowest BCUT2D eigenvalue weighted by Gasteiger charge is -2.36. The molecule has 3 atom stereocenters. The van der Waals surface area contributed by atoms with Gasteiger partial charge in [-0.15, -0.1) is 0 Å². The number of methoxy groups -OCH3 is 2. The van der Waals surface area contributed by atoms with Gasteiger partial charge in [0, 0.05) is 42.3 Å². The molecule has 34 heavy (non-hydrogen) atoms. The van der Waals surface area contributed by atoms with E-state index in [2.05, 4.69) is 0 Å². The van der Waals surface area contributed by atoms with Crippen LogP contribution in [0, 0.1) is 5.92 Å². The molecule has 1 N–H and O–H groups in total. The van der Waals surface area contributed by atoms with E-state index < -0.39 is 17.8 Å². The number of allylic oxidation sites excluding steroid dienone is 2. The maximum Gasteiger partial charge on any atom is 0.315 e. The molecule has 0 bridgehead atoms. The van der Waals surface area contributed by atoms with E-state index in [-0.39, 0.29) is 37.1 Å². The standard InChI is InChI=1S/C27H29NO6/c1-16-24(27(31)34-12-11-32-2)25(17-7-6-8-19(29)13-17)26-21(28-16)14-18(15-22(26)30)20-9-4-5-10-23(20)33-3/h4-10,13,18,24-25,29H,11-12,14-15H2,1-3H3. The largest absolute Gasteiger partial charge is 0.508 e. The van der Waals surface area contributed by atoms with Gasteiger partial charge in [-0.25, -0.2) is 0 Å². The topological polar surface area (TPSA) is 94.4 Å². The van der Waals surface area contributed by atoms with Crippen molar-refractivity contribution in [1.82, 2.24) is 0 Å². The van der Waals surface area contributed by atoms with Gasteiger partial charge in [0.25, 0.3) is 0 Å². The second kappa shape index (κ2) is 10.2. The number of ketones is 1. The highest BCUT2D eigenvalue weighted by molar-refractivity contribution is 6.09. The lowest BCUT2D eigenvalue weighted by molar-refractivity contribution is -0.147. The molecule has 0 saturated heterocycles. The van der Waals surface area contributed by atoms with E-state index in [4.69, 9.17) is 19.2 Å². The number of para-hydroxylation sites is 1. The smallest absolute Gasteiger partial charge is 0.315 e. The molecule has 0 aromatic heterocycles. The van der Waals surface area contributed by atoms with Crippen molar-refractivity contribution in [1.29, 1.82) is 0 Å². The summed E-state index contributed by atoms with van der Waals surface area (Å²) in [6.07, 6.45) is 0.841. The van der Waals surface area contributed by atoms with Crippen molar-refractivity contribution < 1.29 is 28.9 Å². The van der Waals surface area contributed by atoms with Crippen LogP contribution in [0.4, 0.5) is 0 Å². The number of hydrogen-bond acceptors (Lipinski definition) is 7. The molecule has 0 saturated carbocycles. The molecule has 178 valence electrons. The number of carbonyl (C=O) groups excluding carboxylic acids is 2. The third-order valence-electron chi connectivity index (χ3n) is 6.48. The van der Waals surface area contributed by atoms with Gasteiger partial charge in [-0.1, -0.05) is 30.3 Å². The molecule has 0 fully saturated rings. The predicted molar refractivity (Wildman–Crippen MR) is 127 cm³/mol. The lowest BCUT2D eigenvalue weighted by atomic mass is 9.69. The van der Waals surface area contributed by atoms with E-state index >= 15 is 0 Å². The second-order valence-corrected chi connectivity index (χ2v) is 8.59. The number of aliphatic imine (C=N–C) groups is 1. The molecule has 2 aliphatic rings. The number of phenolic OH excluding ortho intramolecular Hbond substituents is 1. The van der Waals surface area contributed by atoms with Crippen LogP contribution < -0.4 is 4.74 Å². The van der Waals surface area contributed by atoms with Crippen LogP contribution in [-0.4, -0.2) is 50.0 Å². The molecule has 0 amide bonds. The Balaban J connectivity index is 1.76. The minimum absolute atomic E-state index is 0.0589. The molecular weight excluding hydrogens is 434 g/mol. The van der Waals surface area contributed by atoms with Crippen LogP contribution in [0.5, 0.6) is 11.5 Å². The fourth-order valence-electron chi connectivity index (χ4n) is 4.98. The molecule has 3 unspecified atom stereocenters. The molecule has 4 rings (SSSR count). The number of benzene rings is 2. The Morgan fingerprint density at radius 1 is 1.09 bits per heavy atom. The molecule has 0 radical (unpaired) electrons. The summed E-state index contributed by atoms with van der Waals surface area (Å²) in [6.45, 7) is 2.18. The Kier molecular flexibility index (Phi) is 7.12. The third kappa shape index (κ3) is 4.61. The fraction of sp³-hybridized carbons (Fsp3) is 0.370. The molecule has 7 heteroatoms. The van der Waals surface area contributed by atoms with Gasteiger partial charge in [-0.05, 0) is 42.7 Å². The molecule has 2 aromatic rings. The van der Waals surface area contributed by atoms with Gasteiger partial charge in [0.15, 0.2) is 5.78 Å². The Hall–Kier alpha value is -3.45. The minimum Gasteiger partial charge on any atom is -0.508 e. The highest BCUT2D eigenvalue weighted by Crippen LogP contribution is 2.48. The van der Waals surface area contributed by atoms with Crippen LogP contribution in [-0.2, 0) is 19.1 Å². The third-order valence-corrected chi connectivity index (χ3v) is 6.48. The van der Waals surface area contributed by atoms with Gasteiger partial charge in [0.05, 0.1) is 13.7 Å².